The molecule has 0 radical (unpaired) electrons. The number of hydrogen-bond donors (Lipinski definition) is 0. The van der Waals surface area contributed by atoms with Crippen LogP contribution in [0.2, 0.25) is 5.02 Å². The van der Waals surface area contributed by atoms with E-state index in [4.69, 9.17) is 21.6 Å². The van der Waals surface area contributed by atoms with Gasteiger partial charge in [-0.2, -0.15) is 5.26 Å². The Morgan fingerprint density at radius 1 is 1.19 bits per heavy atom. The zero-order valence-electron chi connectivity index (χ0n) is 14.3. The summed E-state index contributed by atoms with van der Waals surface area (Å²) in [5.74, 6) is -1.47. The fourth-order valence-corrected chi connectivity index (χ4v) is 3.51. The van der Waals surface area contributed by atoms with E-state index in [1.807, 2.05) is 6.07 Å². The topological polar surface area (TPSA) is 105 Å². The number of carbonyl (C=O) groups excluding carboxylic acids is 2. The van der Waals surface area contributed by atoms with Crippen LogP contribution in [0, 0.1) is 11.3 Å². The number of halogens is 1. The second kappa shape index (κ2) is 8.66. The molecule has 0 aromatic heterocycles. The molecule has 2 rings (SSSR count). The second-order valence-corrected chi connectivity index (χ2v) is 7.86. The summed E-state index contributed by atoms with van der Waals surface area (Å²) in [7, 11) is -3.63. The molecule has 1 amide bonds. The van der Waals surface area contributed by atoms with E-state index in [0.717, 1.165) is 12.3 Å². The number of esters is 1. The van der Waals surface area contributed by atoms with Crippen molar-refractivity contribution in [3.05, 3.63) is 59.1 Å². The first-order valence-corrected chi connectivity index (χ1v) is 9.90. The van der Waals surface area contributed by atoms with Crippen LogP contribution in [-0.4, -0.2) is 39.7 Å². The van der Waals surface area contributed by atoms with Crippen molar-refractivity contribution in [1.82, 2.24) is 0 Å². The van der Waals surface area contributed by atoms with E-state index < -0.39 is 28.3 Å². The lowest BCUT2D eigenvalue weighted by molar-refractivity contribution is -0.121. The minimum atomic E-state index is -3.63. The van der Waals surface area contributed by atoms with E-state index >= 15 is 0 Å². The number of ether oxygens (including phenoxy) is 1. The average molecular weight is 407 g/mol. The molecule has 0 aliphatic heterocycles. The number of nitriles is 1. The molecule has 9 heteroatoms. The maximum Gasteiger partial charge on any atom is 0.338 e. The van der Waals surface area contributed by atoms with Crippen LogP contribution in [0.3, 0.4) is 0 Å². The van der Waals surface area contributed by atoms with Crippen molar-refractivity contribution < 1.29 is 22.7 Å². The van der Waals surface area contributed by atoms with E-state index in [1.54, 1.807) is 30.3 Å². The van der Waals surface area contributed by atoms with Gasteiger partial charge in [-0.05, 0) is 30.3 Å². The summed E-state index contributed by atoms with van der Waals surface area (Å²) in [5.41, 5.74) is 0.435. The van der Waals surface area contributed by atoms with Gasteiger partial charge in [0, 0.05) is 11.9 Å². The Kier molecular flexibility index (Phi) is 6.55. The lowest BCUT2D eigenvalue weighted by Crippen LogP contribution is -2.35. The summed E-state index contributed by atoms with van der Waals surface area (Å²) in [6, 6.07) is 14.0. The Hall–Kier alpha value is -2.89. The molecule has 0 aliphatic carbocycles. The van der Waals surface area contributed by atoms with Gasteiger partial charge in [-0.3, -0.25) is 9.69 Å². The van der Waals surface area contributed by atoms with Crippen molar-refractivity contribution in [2.24, 2.45) is 0 Å². The van der Waals surface area contributed by atoms with E-state index in [0.29, 0.717) is 5.69 Å². The van der Waals surface area contributed by atoms with Crippen molar-refractivity contribution in [2.45, 2.75) is 4.90 Å². The van der Waals surface area contributed by atoms with Crippen LogP contribution in [-0.2, 0) is 19.4 Å². The SMILES string of the molecule is CS(=O)(=O)c1cc(C(=O)OCC(=O)N(CC#N)c2ccccc2)ccc1Cl. The fourth-order valence-electron chi connectivity index (χ4n) is 2.21. The van der Waals surface area contributed by atoms with Crippen LogP contribution in [0.4, 0.5) is 5.69 Å². The highest BCUT2D eigenvalue weighted by atomic mass is 35.5. The normalized spacial score (nSPS) is 10.7. The number of sulfone groups is 1. The van der Waals surface area contributed by atoms with Crippen LogP contribution in [0.25, 0.3) is 0 Å². The van der Waals surface area contributed by atoms with E-state index in [9.17, 15) is 18.0 Å². The van der Waals surface area contributed by atoms with Gasteiger partial charge in [-0.15, -0.1) is 0 Å². The first-order valence-electron chi connectivity index (χ1n) is 7.63. The highest BCUT2D eigenvalue weighted by molar-refractivity contribution is 7.90. The number of para-hydroxylation sites is 1. The van der Waals surface area contributed by atoms with Crippen LogP contribution in [0.15, 0.2) is 53.4 Å². The maximum absolute atomic E-state index is 12.3. The molecular weight excluding hydrogens is 392 g/mol. The minimum Gasteiger partial charge on any atom is -0.452 e. The molecule has 0 bridgehead atoms. The summed E-state index contributed by atoms with van der Waals surface area (Å²) < 4.78 is 28.3. The van der Waals surface area contributed by atoms with Crippen molar-refractivity contribution in [2.75, 3.05) is 24.3 Å². The third-order valence-corrected chi connectivity index (χ3v) is 5.07. The zero-order chi connectivity index (χ0) is 20.0. The molecule has 0 heterocycles. The van der Waals surface area contributed by atoms with Crippen LogP contribution < -0.4 is 4.90 Å². The predicted molar refractivity (Wildman–Crippen MR) is 99.3 cm³/mol. The Morgan fingerprint density at radius 3 is 2.44 bits per heavy atom. The monoisotopic (exact) mass is 406 g/mol. The number of hydrogen-bond acceptors (Lipinski definition) is 6. The van der Waals surface area contributed by atoms with Crippen LogP contribution in [0.1, 0.15) is 10.4 Å². The van der Waals surface area contributed by atoms with Gasteiger partial charge in [0.15, 0.2) is 16.4 Å². The van der Waals surface area contributed by atoms with Gasteiger partial charge < -0.3 is 4.74 Å². The van der Waals surface area contributed by atoms with Crippen molar-refractivity contribution in [1.29, 1.82) is 5.26 Å². The number of nitrogens with zero attached hydrogens (tertiary/aromatic N) is 2. The van der Waals surface area contributed by atoms with Gasteiger partial charge in [0.25, 0.3) is 5.91 Å². The van der Waals surface area contributed by atoms with Crippen molar-refractivity contribution in [3.63, 3.8) is 0 Å². The molecule has 0 atom stereocenters. The van der Waals surface area contributed by atoms with Gasteiger partial charge >= 0.3 is 5.97 Å². The second-order valence-electron chi connectivity index (χ2n) is 5.47. The Bertz CT molecular complexity index is 1000. The highest BCUT2D eigenvalue weighted by Crippen LogP contribution is 2.23. The van der Waals surface area contributed by atoms with E-state index in [2.05, 4.69) is 0 Å². The molecule has 7 nitrogen and oxygen atoms in total. The third kappa shape index (κ3) is 5.29. The lowest BCUT2D eigenvalue weighted by Gasteiger charge is -2.19. The minimum absolute atomic E-state index is 0.0191. The van der Waals surface area contributed by atoms with Gasteiger partial charge in [0.1, 0.15) is 6.54 Å². The number of rotatable bonds is 6. The molecule has 0 saturated carbocycles. The molecule has 0 spiro atoms. The molecule has 27 heavy (non-hydrogen) atoms. The molecule has 0 saturated heterocycles. The molecule has 0 N–H and O–H groups in total. The van der Waals surface area contributed by atoms with Gasteiger partial charge in [0.2, 0.25) is 0 Å². The lowest BCUT2D eigenvalue weighted by atomic mass is 10.2. The maximum atomic E-state index is 12.3. The van der Waals surface area contributed by atoms with Gasteiger partial charge in [-0.25, -0.2) is 13.2 Å². The Labute approximate surface area is 161 Å². The molecule has 0 unspecified atom stereocenters. The molecule has 0 fully saturated rings. The quantitative estimate of drug-likeness (QED) is 0.539. The average Bonchev–Trinajstić information content (AvgIpc) is 2.64. The molecule has 140 valence electrons. The summed E-state index contributed by atoms with van der Waals surface area (Å²) >= 11 is 5.83. The molecule has 2 aromatic rings. The molecule has 2 aromatic carbocycles. The van der Waals surface area contributed by atoms with Crippen molar-refractivity contribution in [3.8, 4) is 6.07 Å². The number of amides is 1. The summed E-state index contributed by atoms with van der Waals surface area (Å²) in [5, 5.41) is 8.89. The van der Waals surface area contributed by atoms with Crippen LogP contribution >= 0.6 is 11.6 Å². The zero-order valence-corrected chi connectivity index (χ0v) is 15.8. The van der Waals surface area contributed by atoms with Crippen LogP contribution in [0.5, 0.6) is 0 Å². The predicted octanol–water partition coefficient (Wildman–Crippen LogP) is 2.46. The van der Waals surface area contributed by atoms with E-state index in [1.165, 1.54) is 17.0 Å². The van der Waals surface area contributed by atoms with Gasteiger partial charge in [0.05, 0.1) is 21.6 Å². The molecule has 0 aliphatic rings. The largest absolute Gasteiger partial charge is 0.452 e. The number of benzene rings is 2. The highest BCUT2D eigenvalue weighted by Gasteiger charge is 2.20. The number of anilines is 1. The summed E-state index contributed by atoms with van der Waals surface area (Å²) in [6.07, 6.45) is 0.965. The Balaban J connectivity index is 2.13. The number of carbonyl (C=O) groups is 2. The molecular formula is C18H15ClN2O5S. The first kappa shape index (κ1) is 20.4. The smallest absolute Gasteiger partial charge is 0.338 e. The first-order chi connectivity index (χ1) is 12.7. The van der Waals surface area contributed by atoms with E-state index in [-0.39, 0.29) is 22.0 Å². The summed E-state index contributed by atoms with van der Waals surface area (Å²) in [4.78, 5) is 25.5. The third-order valence-electron chi connectivity index (χ3n) is 3.49. The fraction of sp³-hybridized carbons (Fsp3) is 0.167. The van der Waals surface area contributed by atoms with Crippen molar-refractivity contribution >= 4 is 39.0 Å². The standard InChI is InChI=1S/C18H15ClN2O5S/c1-27(24,25)16-11-13(7-8-15(16)19)18(23)26-12-17(22)21(10-9-20)14-5-3-2-4-6-14/h2-8,11H,10,12H2,1H3. The Morgan fingerprint density at radius 2 is 1.85 bits per heavy atom. The van der Waals surface area contributed by atoms with Gasteiger partial charge in [-0.1, -0.05) is 29.8 Å². The summed E-state index contributed by atoms with van der Waals surface area (Å²) in [6.45, 7) is -0.814.